The lowest BCUT2D eigenvalue weighted by molar-refractivity contribution is -0.122. The molecule has 2 amide bonds. The maximum Gasteiger partial charge on any atom is 0.252 e. The molecule has 6 nitrogen and oxygen atoms in total. The van der Waals surface area contributed by atoms with Gasteiger partial charge in [-0.05, 0) is 90.0 Å². The number of nitrogens with zero attached hydrogens (tertiary/aromatic N) is 2. The summed E-state index contributed by atoms with van der Waals surface area (Å²) < 4.78 is 29.5. The summed E-state index contributed by atoms with van der Waals surface area (Å²) in [6.07, 6.45) is 0.124. The Hall–Kier alpha value is -2.27. The van der Waals surface area contributed by atoms with Crippen molar-refractivity contribution >= 4 is 61.7 Å². The number of hydrogen-bond donors (Lipinski definition) is 0. The second kappa shape index (κ2) is 10.2. The molecule has 9 heteroatoms. The zero-order valence-corrected chi connectivity index (χ0v) is 22.0. The molecule has 34 heavy (non-hydrogen) atoms. The highest BCUT2D eigenvalue weighted by molar-refractivity contribution is 14.1. The number of anilines is 1. The van der Waals surface area contributed by atoms with E-state index in [1.165, 1.54) is 12.1 Å². The van der Waals surface area contributed by atoms with E-state index in [1.807, 2.05) is 13.0 Å². The summed E-state index contributed by atoms with van der Waals surface area (Å²) >= 11 is 8.23. The van der Waals surface area contributed by atoms with Crippen LogP contribution in [0.15, 0.2) is 77.7 Å². The van der Waals surface area contributed by atoms with Gasteiger partial charge < -0.3 is 0 Å². The van der Waals surface area contributed by atoms with Crippen molar-refractivity contribution < 1.29 is 18.0 Å². The quantitative estimate of drug-likeness (QED) is 0.285. The third-order valence-corrected chi connectivity index (χ3v) is 8.57. The summed E-state index contributed by atoms with van der Waals surface area (Å²) in [5.74, 6) is -0.976. The summed E-state index contributed by atoms with van der Waals surface area (Å²) in [7, 11) is -4.05. The van der Waals surface area contributed by atoms with Crippen LogP contribution in [0.2, 0.25) is 5.02 Å². The molecule has 1 aliphatic rings. The lowest BCUT2D eigenvalue weighted by Gasteiger charge is -2.27. The number of amides is 2. The fourth-order valence-corrected chi connectivity index (χ4v) is 6.08. The van der Waals surface area contributed by atoms with Crippen molar-refractivity contribution in [3.8, 4) is 0 Å². The van der Waals surface area contributed by atoms with Crippen LogP contribution in [0.3, 0.4) is 0 Å². The van der Waals surface area contributed by atoms with Crippen LogP contribution < -0.4 is 4.90 Å². The van der Waals surface area contributed by atoms with Gasteiger partial charge >= 0.3 is 0 Å². The van der Waals surface area contributed by atoms with Crippen molar-refractivity contribution in [2.24, 2.45) is 0 Å². The van der Waals surface area contributed by atoms with E-state index in [2.05, 4.69) is 22.6 Å². The summed E-state index contributed by atoms with van der Waals surface area (Å²) in [5, 5.41) is 0.544. The molecule has 0 radical (unpaired) electrons. The Morgan fingerprint density at radius 2 is 1.71 bits per heavy atom. The summed E-state index contributed by atoms with van der Waals surface area (Å²) in [6, 6.07) is 19.4. The Balaban J connectivity index is 1.69. The van der Waals surface area contributed by atoms with Crippen LogP contribution >= 0.6 is 34.2 Å². The second-order valence-corrected chi connectivity index (χ2v) is 11.6. The molecule has 0 aliphatic carbocycles. The zero-order chi connectivity index (χ0) is 24.5. The Morgan fingerprint density at radius 1 is 1.03 bits per heavy atom. The van der Waals surface area contributed by atoms with Gasteiger partial charge in [-0.15, -0.1) is 0 Å². The lowest BCUT2D eigenvalue weighted by Crippen LogP contribution is -2.46. The minimum atomic E-state index is -4.05. The van der Waals surface area contributed by atoms with Crippen molar-refractivity contribution in [1.82, 2.24) is 4.31 Å². The Labute approximate surface area is 217 Å². The molecular weight excluding hydrogens is 587 g/mol. The van der Waals surface area contributed by atoms with E-state index in [1.54, 1.807) is 54.6 Å². The first-order valence-corrected chi connectivity index (χ1v) is 13.5. The van der Waals surface area contributed by atoms with Crippen molar-refractivity contribution in [2.75, 3.05) is 11.4 Å². The zero-order valence-electron chi connectivity index (χ0n) is 18.3. The van der Waals surface area contributed by atoms with Gasteiger partial charge in [-0.25, -0.2) is 13.3 Å². The first-order chi connectivity index (χ1) is 16.2. The number of sulfonamides is 1. The number of rotatable bonds is 7. The van der Waals surface area contributed by atoms with E-state index in [0.717, 1.165) is 23.9 Å². The van der Waals surface area contributed by atoms with Gasteiger partial charge in [-0.1, -0.05) is 41.4 Å². The molecule has 1 aliphatic heterocycles. The molecule has 3 aromatic carbocycles. The van der Waals surface area contributed by atoms with Crippen molar-refractivity contribution in [2.45, 2.75) is 30.7 Å². The third-order valence-electron chi connectivity index (χ3n) is 5.69. The number of imide groups is 1. The smallest absolute Gasteiger partial charge is 0.252 e. The molecule has 1 saturated heterocycles. The number of hydrogen-bond acceptors (Lipinski definition) is 4. The molecule has 4 rings (SSSR count). The molecule has 1 fully saturated rings. The summed E-state index contributed by atoms with van der Waals surface area (Å²) in [6.45, 7) is 1.89. The van der Waals surface area contributed by atoms with Crippen LogP contribution in [0.4, 0.5) is 5.69 Å². The van der Waals surface area contributed by atoms with Gasteiger partial charge in [-0.2, -0.15) is 4.31 Å². The van der Waals surface area contributed by atoms with Gasteiger partial charge in [-0.3, -0.25) is 9.59 Å². The normalized spacial score (nSPS) is 16.5. The van der Waals surface area contributed by atoms with Crippen LogP contribution in [0, 0.1) is 10.5 Å². The largest absolute Gasteiger partial charge is 0.274 e. The third kappa shape index (κ3) is 5.19. The number of halogens is 2. The lowest BCUT2D eigenvalue weighted by atomic mass is 10.1. The molecule has 0 bridgehead atoms. The van der Waals surface area contributed by atoms with E-state index < -0.39 is 27.9 Å². The molecule has 176 valence electrons. The first kappa shape index (κ1) is 24.8. The van der Waals surface area contributed by atoms with E-state index in [-0.39, 0.29) is 17.9 Å². The van der Waals surface area contributed by atoms with Crippen molar-refractivity contribution in [3.05, 3.63) is 92.5 Å². The number of carbonyl (C=O) groups is 2. The average molecular weight is 609 g/mol. The highest BCUT2D eigenvalue weighted by atomic mass is 127. The molecule has 1 heterocycles. The van der Waals surface area contributed by atoms with Crippen LogP contribution in [0.1, 0.15) is 17.5 Å². The van der Waals surface area contributed by atoms with Gasteiger partial charge in [0.05, 0.1) is 17.0 Å². The van der Waals surface area contributed by atoms with Crippen molar-refractivity contribution in [1.29, 1.82) is 0 Å². The highest BCUT2D eigenvalue weighted by Gasteiger charge is 2.46. The molecule has 1 atom stereocenters. The second-order valence-electron chi connectivity index (χ2n) is 8.07. The predicted octanol–water partition coefficient (Wildman–Crippen LogP) is 4.82. The van der Waals surface area contributed by atoms with E-state index in [0.29, 0.717) is 17.1 Å². The van der Waals surface area contributed by atoms with E-state index in [4.69, 9.17) is 11.6 Å². The minimum Gasteiger partial charge on any atom is -0.274 e. The minimum absolute atomic E-state index is 0.0285. The van der Waals surface area contributed by atoms with Crippen LogP contribution in [-0.4, -0.2) is 37.1 Å². The SMILES string of the molecule is Cc1ccc(S(=O)(=O)N(CCc2cccc(Cl)c2)C2CC(=O)N(c3ccc(I)cc3)C2=O)cc1. The number of benzene rings is 3. The highest BCUT2D eigenvalue weighted by Crippen LogP contribution is 2.30. The van der Waals surface area contributed by atoms with Gasteiger partial charge in [0.1, 0.15) is 6.04 Å². The molecule has 1 unspecified atom stereocenters. The fourth-order valence-electron chi connectivity index (χ4n) is 3.92. The number of carbonyl (C=O) groups excluding carboxylic acids is 2. The maximum atomic E-state index is 13.7. The van der Waals surface area contributed by atoms with Gasteiger partial charge in [0.25, 0.3) is 5.91 Å². The first-order valence-electron chi connectivity index (χ1n) is 10.6. The number of aryl methyl sites for hydroxylation is 1. The molecule has 0 aromatic heterocycles. The fraction of sp³-hybridized carbons (Fsp3) is 0.200. The van der Waals surface area contributed by atoms with Crippen molar-refractivity contribution in [3.63, 3.8) is 0 Å². The molecule has 0 saturated carbocycles. The van der Waals surface area contributed by atoms with Crippen LogP contribution in [-0.2, 0) is 26.0 Å². The standard InChI is InChI=1S/C25H22ClIN2O4S/c1-17-5-11-22(12-6-17)34(32,33)28(14-13-18-3-2-4-19(26)15-18)23-16-24(30)29(25(23)31)21-9-7-20(27)8-10-21/h2-12,15,23H,13-14,16H2,1H3. The van der Waals surface area contributed by atoms with Gasteiger partial charge in [0.2, 0.25) is 15.9 Å². The Kier molecular flexibility index (Phi) is 7.42. The topological polar surface area (TPSA) is 74.8 Å². The molecule has 0 spiro atoms. The monoisotopic (exact) mass is 608 g/mol. The Morgan fingerprint density at radius 3 is 2.35 bits per heavy atom. The van der Waals surface area contributed by atoms with E-state index in [9.17, 15) is 18.0 Å². The summed E-state index contributed by atoms with van der Waals surface area (Å²) in [4.78, 5) is 27.5. The predicted molar refractivity (Wildman–Crippen MR) is 140 cm³/mol. The molecule has 3 aromatic rings. The van der Waals surface area contributed by atoms with Gasteiger partial charge in [0.15, 0.2) is 0 Å². The van der Waals surface area contributed by atoms with E-state index >= 15 is 0 Å². The maximum absolute atomic E-state index is 13.7. The average Bonchev–Trinajstić information content (AvgIpc) is 3.08. The van der Waals surface area contributed by atoms with Crippen LogP contribution in [0.25, 0.3) is 0 Å². The summed E-state index contributed by atoms with van der Waals surface area (Å²) in [5.41, 5.74) is 2.18. The van der Waals surface area contributed by atoms with Crippen LogP contribution in [0.5, 0.6) is 0 Å². The molecule has 0 N–H and O–H groups in total. The Bertz CT molecular complexity index is 1330. The molecular formula is C25H22ClIN2O4S. The van der Waals surface area contributed by atoms with Gasteiger partial charge in [0, 0.05) is 15.1 Å².